The summed E-state index contributed by atoms with van der Waals surface area (Å²) in [5.74, 6) is 0.134. The molecule has 210 valence electrons. The van der Waals surface area contributed by atoms with E-state index in [0.29, 0.717) is 11.1 Å². The molecule has 0 aromatic heterocycles. The van der Waals surface area contributed by atoms with Gasteiger partial charge in [0.1, 0.15) is 5.82 Å². The van der Waals surface area contributed by atoms with Crippen molar-refractivity contribution in [3.05, 3.63) is 95.8 Å². The Morgan fingerprint density at radius 1 is 0.775 bits per heavy atom. The number of allylic oxidation sites excluding steroid dienone is 4. The zero-order chi connectivity index (χ0) is 28.1. The molecule has 0 N–H and O–H groups in total. The maximum Gasteiger partial charge on any atom is 0.201 e. The summed E-state index contributed by atoms with van der Waals surface area (Å²) >= 11 is 0. The minimum Gasteiger partial charge on any atom is -0.494 e. The lowest BCUT2D eigenvalue weighted by atomic mass is 9.70. The Morgan fingerprint density at radius 3 is 2.12 bits per heavy atom. The first-order valence-electron chi connectivity index (χ1n) is 14.7. The molecule has 1 atom stereocenters. The largest absolute Gasteiger partial charge is 0.494 e. The normalized spacial score (nSPS) is 21.4. The van der Waals surface area contributed by atoms with E-state index in [9.17, 15) is 8.78 Å². The molecule has 5 rings (SSSR count). The number of hydrogen-bond donors (Lipinski definition) is 0. The third-order valence-corrected chi connectivity index (χ3v) is 9.10. The van der Waals surface area contributed by atoms with Gasteiger partial charge < -0.3 is 4.74 Å². The van der Waals surface area contributed by atoms with Crippen molar-refractivity contribution < 1.29 is 17.9 Å². The maximum atomic E-state index is 15.3. The van der Waals surface area contributed by atoms with E-state index < -0.39 is 11.6 Å². The molecule has 0 aliphatic heterocycles. The molecule has 4 heteroatoms. The van der Waals surface area contributed by atoms with Crippen molar-refractivity contribution >= 4 is 5.57 Å². The fraction of sp³-hybridized carbons (Fsp3) is 0.389. The van der Waals surface area contributed by atoms with E-state index in [1.54, 1.807) is 18.2 Å². The van der Waals surface area contributed by atoms with Crippen molar-refractivity contribution in [1.29, 1.82) is 0 Å². The Labute approximate surface area is 236 Å². The Hall–Kier alpha value is -3.27. The first kappa shape index (κ1) is 28.3. The summed E-state index contributed by atoms with van der Waals surface area (Å²) in [6, 6.07) is 15.4. The van der Waals surface area contributed by atoms with Crippen LogP contribution in [0.2, 0.25) is 0 Å². The lowest BCUT2D eigenvalue weighted by Gasteiger charge is -2.35. The van der Waals surface area contributed by atoms with E-state index in [2.05, 4.69) is 25.2 Å². The second kappa shape index (κ2) is 12.9. The summed E-state index contributed by atoms with van der Waals surface area (Å²) in [5, 5.41) is 0. The quantitative estimate of drug-likeness (QED) is 0.256. The topological polar surface area (TPSA) is 9.23 Å². The van der Waals surface area contributed by atoms with Gasteiger partial charge >= 0.3 is 0 Å². The van der Waals surface area contributed by atoms with Crippen LogP contribution >= 0.6 is 0 Å². The number of halogens is 3. The smallest absolute Gasteiger partial charge is 0.201 e. The number of hydrogen-bond acceptors (Lipinski definition) is 1. The molecule has 0 saturated heterocycles. The molecule has 0 heterocycles. The van der Waals surface area contributed by atoms with E-state index in [1.807, 2.05) is 24.3 Å². The van der Waals surface area contributed by atoms with Crippen LogP contribution in [0.3, 0.4) is 0 Å². The van der Waals surface area contributed by atoms with Gasteiger partial charge in [-0.1, -0.05) is 67.5 Å². The van der Waals surface area contributed by atoms with Crippen molar-refractivity contribution in [2.24, 2.45) is 17.8 Å². The summed E-state index contributed by atoms with van der Waals surface area (Å²) in [5.41, 5.74) is 4.10. The van der Waals surface area contributed by atoms with E-state index in [4.69, 9.17) is 4.74 Å². The van der Waals surface area contributed by atoms with E-state index in [-0.39, 0.29) is 17.1 Å². The van der Waals surface area contributed by atoms with E-state index in [0.717, 1.165) is 53.7 Å². The monoisotopic (exact) mass is 544 g/mol. The van der Waals surface area contributed by atoms with Crippen LogP contribution in [0.15, 0.2) is 72.8 Å². The number of rotatable bonds is 8. The SMILES string of the molecule is CC=CCCC1CCC(C2CC=C(c3ccc(-c4ccc(-c5ccc(OC)c(F)c5F)cc4)cc3F)CC2)CC1. The highest BCUT2D eigenvalue weighted by molar-refractivity contribution is 5.74. The Bertz CT molecular complexity index is 1360. The van der Waals surface area contributed by atoms with Crippen LogP contribution in [0.4, 0.5) is 13.2 Å². The van der Waals surface area contributed by atoms with Crippen LogP contribution in [-0.2, 0) is 0 Å². The van der Waals surface area contributed by atoms with Gasteiger partial charge in [0.2, 0.25) is 5.82 Å². The van der Waals surface area contributed by atoms with Crippen molar-refractivity contribution in [2.75, 3.05) is 7.11 Å². The van der Waals surface area contributed by atoms with Crippen LogP contribution in [-0.4, -0.2) is 7.11 Å². The zero-order valence-electron chi connectivity index (χ0n) is 23.6. The molecule has 0 spiro atoms. The number of methoxy groups -OCH3 is 1. The first-order valence-corrected chi connectivity index (χ1v) is 14.7. The average molecular weight is 545 g/mol. The van der Waals surface area contributed by atoms with Crippen LogP contribution in [0.25, 0.3) is 27.8 Å². The lowest BCUT2D eigenvalue weighted by molar-refractivity contribution is 0.190. The molecule has 40 heavy (non-hydrogen) atoms. The number of benzene rings is 3. The Morgan fingerprint density at radius 2 is 1.48 bits per heavy atom. The van der Waals surface area contributed by atoms with Gasteiger partial charge in [-0.25, -0.2) is 8.78 Å². The van der Waals surface area contributed by atoms with Crippen molar-refractivity contribution in [3.8, 4) is 28.0 Å². The van der Waals surface area contributed by atoms with E-state index in [1.165, 1.54) is 57.8 Å². The predicted molar refractivity (Wildman–Crippen MR) is 159 cm³/mol. The summed E-state index contributed by atoms with van der Waals surface area (Å²) in [6.45, 7) is 2.10. The molecule has 3 aromatic carbocycles. The van der Waals surface area contributed by atoms with E-state index >= 15 is 4.39 Å². The molecule has 2 aliphatic carbocycles. The van der Waals surface area contributed by atoms with Gasteiger partial charge in [0, 0.05) is 11.1 Å². The summed E-state index contributed by atoms with van der Waals surface area (Å²) < 4.78 is 48.8. The summed E-state index contributed by atoms with van der Waals surface area (Å²) in [4.78, 5) is 0. The molecule has 1 unspecified atom stereocenters. The maximum absolute atomic E-state index is 15.3. The fourth-order valence-electron chi connectivity index (χ4n) is 6.68. The van der Waals surface area contributed by atoms with Gasteiger partial charge in [-0.2, -0.15) is 4.39 Å². The summed E-state index contributed by atoms with van der Waals surface area (Å²) in [7, 11) is 1.30. The molecule has 1 fully saturated rings. The standard InChI is InChI=1S/C36H39F3O/c1-3-4-5-6-24-7-9-25(10-8-24)26-11-15-28(16-12-26)31-20-19-30(23-33(31)37)27-13-17-29(18-14-27)32-21-22-34(40-2)36(39)35(32)38/h3-4,13-15,17-26H,5-12,16H2,1-2H3. The van der Waals surface area contributed by atoms with Crippen LogP contribution < -0.4 is 4.74 Å². The molecule has 3 aromatic rings. The minimum absolute atomic E-state index is 0.129. The second-order valence-corrected chi connectivity index (χ2v) is 11.4. The first-order chi connectivity index (χ1) is 19.5. The molecule has 1 saturated carbocycles. The molecular weight excluding hydrogens is 505 g/mol. The van der Waals surface area contributed by atoms with Gasteiger partial charge in [0.25, 0.3) is 0 Å². The Kier molecular flexibility index (Phi) is 9.14. The molecule has 0 bridgehead atoms. The van der Waals surface area contributed by atoms with Gasteiger partial charge in [0.05, 0.1) is 7.11 Å². The minimum atomic E-state index is -1.01. The third-order valence-electron chi connectivity index (χ3n) is 9.10. The molecule has 0 amide bonds. The molecule has 2 aliphatic rings. The highest BCUT2D eigenvalue weighted by Crippen LogP contribution is 2.42. The molecule has 1 nitrogen and oxygen atoms in total. The van der Waals surface area contributed by atoms with Crippen molar-refractivity contribution in [2.45, 2.75) is 64.7 Å². The Balaban J connectivity index is 1.22. The van der Waals surface area contributed by atoms with Crippen molar-refractivity contribution in [3.63, 3.8) is 0 Å². The zero-order valence-corrected chi connectivity index (χ0v) is 23.6. The van der Waals surface area contributed by atoms with Crippen molar-refractivity contribution in [1.82, 2.24) is 0 Å². The van der Waals surface area contributed by atoms with Crippen LogP contribution in [0.5, 0.6) is 5.75 Å². The van der Waals surface area contributed by atoms with Gasteiger partial charge in [0.15, 0.2) is 11.6 Å². The van der Waals surface area contributed by atoms with Gasteiger partial charge in [-0.05, 0) is 110 Å². The van der Waals surface area contributed by atoms with Crippen LogP contribution in [0, 0.1) is 35.2 Å². The number of ether oxygens (including phenoxy) is 1. The molecular formula is C36H39F3O. The highest BCUT2D eigenvalue weighted by Gasteiger charge is 2.29. The fourth-order valence-corrected chi connectivity index (χ4v) is 6.68. The van der Waals surface area contributed by atoms with Crippen LogP contribution in [0.1, 0.15) is 70.3 Å². The predicted octanol–water partition coefficient (Wildman–Crippen LogP) is 10.8. The molecule has 0 radical (unpaired) electrons. The third kappa shape index (κ3) is 6.22. The second-order valence-electron chi connectivity index (χ2n) is 11.4. The highest BCUT2D eigenvalue weighted by atomic mass is 19.2. The summed E-state index contributed by atoms with van der Waals surface area (Å²) in [6.07, 6.45) is 17.8. The lowest BCUT2D eigenvalue weighted by Crippen LogP contribution is -2.23. The average Bonchev–Trinajstić information content (AvgIpc) is 2.99. The van der Waals surface area contributed by atoms with Gasteiger partial charge in [-0.15, -0.1) is 0 Å². The van der Waals surface area contributed by atoms with Gasteiger partial charge in [-0.3, -0.25) is 0 Å².